The van der Waals surface area contributed by atoms with E-state index in [4.69, 9.17) is 23.7 Å². The summed E-state index contributed by atoms with van der Waals surface area (Å²) in [6.07, 6.45) is -7.67. The standard InChI is InChI=1S/C29H26O10/c1-18(30)35-17-22-23(37-26(31)19-11-5-2-6-12-19)24(38-27(32)20-13-7-3-8-14-20)25(29(34)36-22)39-28(33)21-15-9-4-10-16-21/h2-16,22-25,29,34H,17H2,1H3/t22?,23?,24-,25+,29+/m1/s1. The van der Waals surface area contributed by atoms with Gasteiger partial charge in [0.2, 0.25) is 0 Å². The van der Waals surface area contributed by atoms with Crippen molar-refractivity contribution in [2.24, 2.45) is 0 Å². The van der Waals surface area contributed by atoms with Crippen molar-refractivity contribution in [2.75, 3.05) is 6.61 Å². The first-order chi connectivity index (χ1) is 18.8. The third kappa shape index (κ3) is 7.07. The lowest BCUT2D eigenvalue weighted by atomic mass is 9.97. The molecular formula is C29H26O10. The van der Waals surface area contributed by atoms with Gasteiger partial charge < -0.3 is 28.8 Å². The Bertz CT molecular complexity index is 1280. The predicted octanol–water partition coefficient (Wildman–Crippen LogP) is 2.94. The van der Waals surface area contributed by atoms with E-state index in [1.807, 2.05) is 0 Å². The fraction of sp³-hybridized carbons (Fsp3) is 0.241. The van der Waals surface area contributed by atoms with E-state index in [2.05, 4.69) is 0 Å². The molecule has 0 aliphatic carbocycles. The summed E-state index contributed by atoms with van der Waals surface area (Å²) in [5.41, 5.74) is 0.509. The molecule has 0 aromatic heterocycles. The Morgan fingerprint density at radius 1 is 0.641 bits per heavy atom. The highest BCUT2D eigenvalue weighted by molar-refractivity contribution is 5.91. The van der Waals surface area contributed by atoms with E-state index in [1.54, 1.807) is 54.6 Å². The lowest BCUT2D eigenvalue weighted by Crippen LogP contribution is -2.62. The molecule has 1 heterocycles. The summed E-state index contributed by atoms with van der Waals surface area (Å²) >= 11 is 0. The van der Waals surface area contributed by atoms with Crippen molar-refractivity contribution < 1.29 is 48.0 Å². The van der Waals surface area contributed by atoms with Crippen LogP contribution in [0.25, 0.3) is 0 Å². The van der Waals surface area contributed by atoms with E-state index in [0.717, 1.165) is 0 Å². The Kier molecular flexibility index (Phi) is 9.03. The van der Waals surface area contributed by atoms with Crippen LogP contribution in [0.4, 0.5) is 0 Å². The number of hydrogen-bond acceptors (Lipinski definition) is 10. The minimum Gasteiger partial charge on any atom is -0.463 e. The van der Waals surface area contributed by atoms with E-state index in [1.165, 1.54) is 43.3 Å². The van der Waals surface area contributed by atoms with Gasteiger partial charge in [-0.25, -0.2) is 14.4 Å². The van der Waals surface area contributed by atoms with E-state index < -0.39 is 61.2 Å². The van der Waals surface area contributed by atoms with Gasteiger partial charge in [-0.3, -0.25) is 4.79 Å². The van der Waals surface area contributed by atoms with Gasteiger partial charge >= 0.3 is 23.9 Å². The van der Waals surface area contributed by atoms with Crippen molar-refractivity contribution in [3.8, 4) is 0 Å². The molecule has 0 saturated carbocycles. The summed E-state index contributed by atoms with van der Waals surface area (Å²) in [6, 6.07) is 23.9. The Labute approximate surface area is 224 Å². The van der Waals surface area contributed by atoms with Gasteiger partial charge in [-0.15, -0.1) is 0 Å². The fourth-order valence-corrected chi connectivity index (χ4v) is 3.93. The molecule has 3 aromatic carbocycles. The molecule has 10 heteroatoms. The monoisotopic (exact) mass is 534 g/mol. The Morgan fingerprint density at radius 2 is 1.03 bits per heavy atom. The van der Waals surface area contributed by atoms with Crippen LogP contribution >= 0.6 is 0 Å². The number of aliphatic hydroxyl groups excluding tert-OH is 1. The molecular weight excluding hydrogens is 508 g/mol. The lowest BCUT2D eigenvalue weighted by Gasteiger charge is -2.42. The van der Waals surface area contributed by atoms with Crippen LogP contribution in [0.1, 0.15) is 38.0 Å². The average molecular weight is 535 g/mol. The molecule has 0 spiro atoms. The smallest absolute Gasteiger partial charge is 0.338 e. The van der Waals surface area contributed by atoms with Gasteiger partial charge in [0.1, 0.15) is 12.7 Å². The largest absolute Gasteiger partial charge is 0.463 e. The molecule has 202 valence electrons. The van der Waals surface area contributed by atoms with Gasteiger partial charge in [0.15, 0.2) is 24.6 Å². The molecule has 0 bridgehead atoms. The first kappa shape index (κ1) is 27.5. The molecule has 3 aromatic rings. The summed E-state index contributed by atoms with van der Waals surface area (Å²) in [5.74, 6) is -3.13. The molecule has 1 aliphatic rings. The van der Waals surface area contributed by atoms with Crippen molar-refractivity contribution in [1.29, 1.82) is 0 Å². The van der Waals surface area contributed by atoms with E-state index in [0.29, 0.717) is 0 Å². The van der Waals surface area contributed by atoms with Gasteiger partial charge in [-0.05, 0) is 36.4 Å². The summed E-state index contributed by atoms with van der Waals surface area (Å²) in [7, 11) is 0. The second-order valence-electron chi connectivity index (χ2n) is 8.58. The van der Waals surface area contributed by atoms with E-state index in [-0.39, 0.29) is 16.7 Å². The Balaban J connectivity index is 1.69. The molecule has 1 aliphatic heterocycles. The van der Waals surface area contributed by atoms with Crippen LogP contribution in [0.15, 0.2) is 91.0 Å². The molecule has 10 nitrogen and oxygen atoms in total. The molecule has 1 saturated heterocycles. The highest BCUT2D eigenvalue weighted by Gasteiger charge is 2.52. The molecule has 1 fully saturated rings. The second-order valence-corrected chi connectivity index (χ2v) is 8.58. The number of ether oxygens (including phenoxy) is 5. The summed E-state index contributed by atoms with van der Waals surface area (Å²) in [6.45, 7) is 0.722. The highest BCUT2D eigenvalue weighted by Crippen LogP contribution is 2.30. The van der Waals surface area contributed by atoms with E-state index in [9.17, 15) is 24.3 Å². The number of carbonyl (C=O) groups excluding carboxylic acids is 4. The topological polar surface area (TPSA) is 135 Å². The second kappa shape index (κ2) is 12.8. The number of aliphatic hydroxyl groups is 1. The van der Waals surface area contributed by atoms with Gasteiger partial charge in [0.05, 0.1) is 16.7 Å². The number of hydrogen-bond donors (Lipinski definition) is 1. The number of esters is 4. The van der Waals surface area contributed by atoms with Crippen molar-refractivity contribution in [3.05, 3.63) is 108 Å². The van der Waals surface area contributed by atoms with Crippen LogP contribution < -0.4 is 0 Å². The first-order valence-corrected chi connectivity index (χ1v) is 12.1. The van der Waals surface area contributed by atoms with Gasteiger partial charge in [-0.1, -0.05) is 54.6 Å². The highest BCUT2D eigenvalue weighted by atomic mass is 16.7. The number of rotatable bonds is 8. The summed E-state index contributed by atoms with van der Waals surface area (Å²) < 4.78 is 27.6. The van der Waals surface area contributed by atoms with Crippen molar-refractivity contribution in [1.82, 2.24) is 0 Å². The summed E-state index contributed by atoms with van der Waals surface area (Å²) in [5, 5.41) is 10.9. The zero-order valence-corrected chi connectivity index (χ0v) is 20.9. The normalized spacial score (nSPS) is 22.3. The van der Waals surface area contributed by atoms with Crippen LogP contribution in [-0.4, -0.2) is 66.3 Å². The van der Waals surface area contributed by atoms with Crippen LogP contribution in [0.3, 0.4) is 0 Å². The first-order valence-electron chi connectivity index (χ1n) is 12.1. The number of benzene rings is 3. The molecule has 0 radical (unpaired) electrons. The molecule has 5 atom stereocenters. The van der Waals surface area contributed by atoms with Crippen molar-refractivity contribution >= 4 is 23.9 Å². The predicted molar refractivity (Wildman–Crippen MR) is 134 cm³/mol. The van der Waals surface area contributed by atoms with Crippen LogP contribution in [0.5, 0.6) is 0 Å². The Morgan fingerprint density at radius 3 is 1.44 bits per heavy atom. The number of carbonyl (C=O) groups is 4. The lowest BCUT2D eigenvalue weighted by molar-refractivity contribution is -0.285. The van der Waals surface area contributed by atoms with Crippen molar-refractivity contribution in [3.63, 3.8) is 0 Å². The molecule has 1 N–H and O–H groups in total. The minimum absolute atomic E-state index is 0.163. The molecule has 39 heavy (non-hydrogen) atoms. The third-order valence-electron chi connectivity index (χ3n) is 5.82. The molecule has 2 unspecified atom stereocenters. The maximum atomic E-state index is 13.1. The zero-order valence-electron chi connectivity index (χ0n) is 20.9. The van der Waals surface area contributed by atoms with E-state index >= 15 is 0 Å². The van der Waals surface area contributed by atoms with Crippen molar-refractivity contribution in [2.45, 2.75) is 37.6 Å². The van der Waals surface area contributed by atoms with Crippen LogP contribution in [-0.2, 0) is 28.5 Å². The summed E-state index contributed by atoms with van der Waals surface area (Å²) in [4.78, 5) is 50.5. The van der Waals surface area contributed by atoms with Crippen LogP contribution in [0.2, 0.25) is 0 Å². The molecule has 4 rings (SSSR count). The SMILES string of the molecule is CC(=O)OCC1O[C@H](O)[C@@H](OC(=O)c2ccccc2)[C@H](OC(=O)c2ccccc2)C1OC(=O)c1ccccc1. The zero-order chi connectivity index (χ0) is 27.8. The maximum absolute atomic E-state index is 13.1. The van der Waals surface area contributed by atoms with Crippen LogP contribution in [0, 0.1) is 0 Å². The quantitative estimate of drug-likeness (QED) is 0.339. The Hall–Kier alpha value is -4.54. The third-order valence-corrected chi connectivity index (χ3v) is 5.82. The maximum Gasteiger partial charge on any atom is 0.338 e. The van der Waals surface area contributed by atoms with Gasteiger partial charge in [0.25, 0.3) is 0 Å². The average Bonchev–Trinajstić information content (AvgIpc) is 2.96. The minimum atomic E-state index is -1.82. The molecule has 0 amide bonds. The fourth-order valence-electron chi connectivity index (χ4n) is 3.93. The van der Waals surface area contributed by atoms with Gasteiger partial charge in [-0.2, -0.15) is 0 Å². The van der Waals surface area contributed by atoms with Gasteiger partial charge in [0, 0.05) is 6.92 Å².